The number of carbonyl (C=O) groups is 1. The third kappa shape index (κ3) is 4.09. The van der Waals surface area contributed by atoms with Gasteiger partial charge < -0.3 is 33.5 Å². The number of carbonyl (C=O) groups excluding carboxylic acids is 1. The van der Waals surface area contributed by atoms with Gasteiger partial charge in [0.1, 0.15) is 5.60 Å². The third-order valence-corrected chi connectivity index (χ3v) is 5.75. The second-order valence-corrected chi connectivity index (χ2v) is 9.14. The molecule has 0 saturated carbocycles. The average molecular weight is 440 g/mol. The van der Waals surface area contributed by atoms with E-state index in [1.54, 1.807) is 4.90 Å². The molecule has 2 aromatic carbocycles. The SMILES string of the molecule is CC(C)(C)OC(=O)N1CCC(N(c2ccc3c(c2)OCO3)c2ccc3c(c2)OCO3)CC1. The fourth-order valence-corrected chi connectivity index (χ4v) is 4.27. The van der Waals surface area contributed by atoms with Crippen LogP contribution in [0.15, 0.2) is 36.4 Å². The molecule has 8 heteroatoms. The van der Waals surface area contributed by atoms with E-state index < -0.39 is 5.60 Å². The number of hydrogen-bond donors (Lipinski definition) is 0. The highest BCUT2D eigenvalue weighted by Gasteiger charge is 2.32. The Morgan fingerprint density at radius 2 is 1.38 bits per heavy atom. The highest BCUT2D eigenvalue weighted by molar-refractivity contribution is 5.71. The summed E-state index contributed by atoms with van der Waals surface area (Å²) in [4.78, 5) is 16.6. The minimum atomic E-state index is -0.501. The van der Waals surface area contributed by atoms with Gasteiger partial charge in [0, 0.05) is 42.6 Å². The lowest BCUT2D eigenvalue weighted by molar-refractivity contribution is 0.0206. The molecule has 3 aliphatic rings. The first-order chi connectivity index (χ1) is 15.4. The second-order valence-electron chi connectivity index (χ2n) is 9.14. The maximum atomic E-state index is 12.5. The maximum absolute atomic E-state index is 12.5. The smallest absolute Gasteiger partial charge is 0.410 e. The molecule has 0 aromatic heterocycles. The van der Waals surface area contributed by atoms with Crippen molar-refractivity contribution in [2.45, 2.75) is 45.3 Å². The van der Waals surface area contributed by atoms with Crippen molar-refractivity contribution >= 4 is 17.5 Å². The summed E-state index contributed by atoms with van der Waals surface area (Å²) in [7, 11) is 0. The number of amides is 1. The van der Waals surface area contributed by atoms with Gasteiger partial charge in [-0.1, -0.05) is 0 Å². The minimum absolute atomic E-state index is 0.189. The van der Waals surface area contributed by atoms with Crippen molar-refractivity contribution in [3.8, 4) is 23.0 Å². The number of ether oxygens (including phenoxy) is 5. The largest absolute Gasteiger partial charge is 0.454 e. The van der Waals surface area contributed by atoms with Gasteiger partial charge in [-0.2, -0.15) is 0 Å². The molecule has 5 rings (SSSR count). The molecule has 8 nitrogen and oxygen atoms in total. The van der Waals surface area contributed by atoms with E-state index in [9.17, 15) is 4.79 Å². The van der Waals surface area contributed by atoms with Gasteiger partial charge in [-0.25, -0.2) is 4.79 Å². The fourth-order valence-electron chi connectivity index (χ4n) is 4.27. The van der Waals surface area contributed by atoms with Crippen LogP contribution >= 0.6 is 0 Å². The number of rotatable bonds is 3. The van der Waals surface area contributed by atoms with E-state index in [-0.39, 0.29) is 25.7 Å². The van der Waals surface area contributed by atoms with E-state index in [4.69, 9.17) is 23.7 Å². The Balaban J connectivity index is 1.40. The first kappa shape index (κ1) is 20.6. The molecular weight excluding hydrogens is 412 g/mol. The maximum Gasteiger partial charge on any atom is 0.410 e. The summed E-state index contributed by atoms with van der Waals surface area (Å²) >= 11 is 0. The van der Waals surface area contributed by atoms with E-state index in [1.807, 2.05) is 57.2 Å². The summed E-state index contributed by atoms with van der Waals surface area (Å²) < 4.78 is 27.8. The van der Waals surface area contributed by atoms with E-state index in [2.05, 4.69) is 4.90 Å². The van der Waals surface area contributed by atoms with E-state index >= 15 is 0 Å². The topological polar surface area (TPSA) is 69.7 Å². The Labute approximate surface area is 187 Å². The highest BCUT2D eigenvalue weighted by Crippen LogP contribution is 2.42. The number of benzene rings is 2. The highest BCUT2D eigenvalue weighted by atomic mass is 16.7. The molecule has 0 atom stereocenters. The van der Waals surface area contributed by atoms with Gasteiger partial charge in [-0.05, 0) is 57.9 Å². The second kappa shape index (κ2) is 8.00. The molecular formula is C24H28N2O6. The molecule has 32 heavy (non-hydrogen) atoms. The molecule has 1 saturated heterocycles. The molecule has 0 bridgehead atoms. The lowest BCUT2D eigenvalue weighted by atomic mass is 10.0. The Morgan fingerprint density at radius 1 is 0.875 bits per heavy atom. The van der Waals surface area contributed by atoms with Crippen LogP contribution in [-0.4, -0.2) is 49.3 Å². The van der Waals surface area contributed by atoms with Crippen LogP contribution < -0.4 is 23.8 Å². The van der Waals surface area contributed by atoms with Crippen LogP contribution in [0.2, 0.25) is 0 Å². The molecule has 0 unspecified atom stereocenters. The minimum Gasteiger partial charge on any atom is -0.454 e. The van der Waals surface area contributed by atoms with Gasteiger partial charge in [0.15, 0.2) is 23.0 Å². The van der Waals surface area contributed by atoms with Crippen molar-refractivity contribution in [1.82, 2.24) is 4.90 Å². The van der Waals surface area contributed by atoms with Gasteiger partial charge in [0.2, 0.25) is 13.6 Å². The summed E-state index contributed by atoms with van der Waals surface area (Å²) in [6, 6.07) is 12.2. The van der Waals surface area contributed by atoms with Gasteiger partial charge in [0.25, 0.3) is 0 Å². The number of fused-ring (bicyclic) bond motifs is 2. The number of likely N-dealkylation sites (tertiary alicyclic amines) is 1. The zero-order valence-electron chi connectivity index (χ0n) is 18.6. The van der Waals surface area contributed by atoms with Crippen molar-refractivity contribution in [2.75, 3.05) is 31.6 Å². The van der Waals surface area contributed by atoms with Crippen molar-refractivity contribution < 1.29 is 28.5 Å². The molecule has 3 heterocycles. The molecule has 3 aliphatic heterocycles. The molecule has 0 N–H and O–H groups in total. The lowest BCUT2D eigenvalue weighted by Gasteiger charge is -2.40. The summed E-state index contributed by atoms with van der Waals surface area (Å²) in [6.07, 6.45) is 1.36. The van der Waals surface area contributed by atoms with E-state index in [1.165, 1.54) is 0 Å². The molecule has 0 spiro atoms. The van der Waals surface area contributed by atoms with Gasteiger partial charge in [-0.3, -0.25) is 0 Å². The molecule has 2 aromatic rings. The van der Waals surface area contributed by atoms with E-state index in [0.29, 0.717) is 13.1 Å². The Bertz CT molecular complexity index is 953. The van der Waals surface area contributed by atoms with Crippen LogP contribution in [0, 0.1) is 0 Å². The van der Waals surface area contributed by atoms with Crippen molar-refractivity contribution in [2.24, 2.45) is 0 Å². The van der Waals surface area contributed by atoms with Crippen LogP contribution in [0.4, 0.5) is 16.2 Å². The quantitative estimate of drug-likeness (QED) is 0.686. The Morgan fingerprint density at radius 3 is 1.88 bits per heavy atom. The number of piperidine rings is 1. The van der Waals surface area contributed by atoms with Crippen LogP contribution in [0.1, 0.15) is 33.6 Å². The van der Waals surface area contributed by atoms with Crippen LogP contribution in [0.3, 0.4) is 0 Å². The summed E-state index contributed by atoms with van der Waals surface area (Å²) in [5.74, 6) is 2.97. The first-order valence-corrected chi connectivity index (χ1v) is 10.9. The zero-order valence-corrected chi connectivity index (χ0v) is 18.6. The predicted molar refractivity (Wildman–Crippen MR) is 118 cm³/mol. The van der Waals surface area contributed by atoms with Crippen molar-refractivity contribution in [3.63, 3.8) is 0 Å². The molecule has 170 valence electrons. The Hall–Kier alpha value is -3.29. The standard InChI is InChI=1S/C24H28N2O6/c1-24(2,3)32-23(27)25-10-8-16(9-11-25)26(17-4-6-19-21(12-17)30-14-28-19)18-5-7-20-22(13-18)31-15-29-20/h4-7,12-13,16H,8-11,14-15H2,1-3H3. The molecule has 0 aliphatic carbocycles. The van der Waals surface area contributed by atoms with Gasteiger partial charge >= 0.3 is 6.09 Å². The summed E-state index contributed by atoms with van der Waals surface area (Å²) in [5, 5.41) is 0. The van der Waals surface area contributed by atoms with Crippen molar-refractivity contribution in [1.29, 1.82) is 0 Å². The first-order valence-electron chi connectivity index (χ1n) is 10.9. The number of hydrogen-bond acceptors (Lipinski definition) is 7. The molecule has 1 fully saturated rings. The van der Waals surface area contributed by atoms with Gasteiger partial charge in [-0.15, -0.1) is 0 Å². The molecule has 0 radical (unpaired) electrons. The molecule has 1 amide bonds. The lowest BCUT2D eigenvalue weighted by Crippen LogP contribution is -2.47. The Kier molecular flexibility index (Phi) is 5.15. The summed E-state index contributed by atoms with van der Waals surface area (Å²) in [5.41, 5.74) is 1.51. The number of anilines is 2. The van der Waals surface area contributed by atoms with Crippen molar-refractivity contribution in [3.05, 3.63) is 36.4 Å². The number of nitrogens with zero attached hydrogens (tertiary/aromatic N) is 2. The monoisotopic (exact) mass is 440 g/mol. The average Bonchev–Trinajstić information content (AvgIpc) is 3.41. The normalized spacial score (nSPS) is 17.4. The van der Waals surface area contributed by atoms with E-state index in [0.717, 1.165) is 47.2 Å². The fraction of sp³-hybridized carbons (Fsp3) is 0.458. The van der Waals surface area contributed by atoms with Gasteiger partial charge in [0.05, 0.1) is 0 Å². The predicted octanol–water partition coefficient (Wildman–Crippen LogP) is 4.68. The third-order valence-electron chi connectivity index (χ3n) is 5.75. The zero-order chi connectivity index (χ0) is 22.3. The van der Waals surface area contributed by atoms with Crippen LogP contribution in [-0.2, 0) is 4.74 Å². The van der Waals surface area contributed by atoms with Crippen LogP contribution in [0.25, 0.3) is 0 Å². The summed E-state index contributed by atoms with van der Waals surface area (Å²) in [6.45, 7) is 7.39. The van der Waals surface area contributed by atoms with Crippen LogP contribution in [0.5, 0.6) is 23.0 Å².